The summed E-state index contributed by atoms with van der Waals surface area (Å²) in [5, 5.41) is 3.29. The predicted molar refractivity (Wildman–Crippen MR) is 61.3 cm³/mol. The number of halogens is 1. The standard InChI is InChI=1S/C12H19FN2/c1-15(2)8-4-7-14-10-11-5-3-6-12(13)9-11/h3,5-6,9,14H,4,7-8,10H2,1-2H3. The van der Waals surface area contributed by atoms with Gasteiger partial charge in [0.2, 0.25) is 0 Å². The molecule has 0 atom stereocenters. The van der Waals surface area contributed by atoms with Crippen LogP contribution in [-0.4, -0.2) is 32.1 Å². The Hall–Kier alpha value is -0.930. The van der Waals surface area contributed by atoms with E-state index in [2.05, 4.69) is 24.3 Å². The second-order valence-electron chi connectivity index (χ2n) is 3.96. The van der Waals surface area contributed by atoms with Crippen LogP contribution >= 0.6 is 0 Å². The molecule has 0 aromatic heterocycles. The van der Waals surface area contributed by atoms with Crippen molar-refractivity contribution in [2.24, 2.45) is 0 Å². The smallest absolute Gasteiger partial charge is 0.123 e. The molecule has 0 radical (unpaired) electrons. The van der Waals surface area contributed by atoms with Gasteiger partial charge < -0.3 is 10.2 Å². The van der Waals surface area contributed by atoms with E-state index < -0.39 is 0 Å². The van der Waals surface area contributed by atoms with Crippen molar-refractivity contribution in [1.82, 2.24) is 10.2 Å². The fourth-order valence-corrected chi connectivity index (χ4v) is 1.40. The van der Waals surface area contributed by atoms with E-state index in [0.29, 0.717) is 0 Å². The molecule has 0 aliphatic heterocycles. The SMILES string of the molecule is CN(C)CCCNCc1cccc(F)c1. The first-order chi connectivity index (χ1) is 7.18. The van der Waals surface area contributed by atoms with E-state index in [1.807, 2.05) is 6.07 Å². The minimum Gasteiger partial charge on any atom is -0.313 e. The van der Waals surface area contributed by atoms with Gasteiger partial charge in [-0.1, -0.05) is 12.1 Å². The predicted octanol–water partition coefficient (Wildman–Crippen LogP) is 1.87. The van der Waals surface area contributed by atoms with Gasteiger partial charge in [-0.2, -0.15) is 0 Å². The van der Waals surface area contributed by atoms with Gasteiger partial charge in [-0.15, -0.1) is 0 Å². The molecule has 0 aliphatic rings. The first kappa shape index (κ1) is 12.1. The Morgan fingerprint density at radius 3 is 2.80 bits per heavy atom. The van der Waals surface area contributed by atoms with Crippen LogP contribution in [0.2, 0.25) is 0 Å². The molecular formula is C12H19FN2. The molecule has 0 saturated carbocycles. The van der Waals surface area contributed by atoms with E-state index in [9.17, 15) is 4.39 Å². The van der Waals surface area contributed by atoms with Crippen molar-refractivity contribution in [2.45, 2.75) is 13.0 Å². The van der Waals surface area contributed by atoms with Gasteiger partial charge in [0.1, 0.15) is 5.82 Å². The minimum absolute atomic E-state index is 0.164. The van der Waals surface area contributed by atoms with Gasteiger partial charge >= 0.3 is 0 Å². The summed E-state index contributed by atoms with van der Waals surface area (Å²) in [6.45, 7) is 2.79. The molecule has 0 heterocycles. The van der Waals surface area contributed by atoms with Crippen molar-refractivity contribution in [1.29, 1.82) is 0 Å². The molecule has 3 heteroatoms. The fourth-order valence-electron chi connectivity index (χ4n) is 1.40. The molecule has 0 fully saturated rings. The van der Waals surface area contributed by atoms with E-state index in [4.69, 9.17) is 0 Å². The molecule has 0 bridgehead atoms. The van der Waals surface area contributed by atoms with Crippen molar-refractivity contribution in [3.05, 3.63) is 35.6 Å². The third kappa shape index (κ3) is 5.50. The Morgan fingerprint density at radius 2 is 2.13 bits per heavy atom. The maximum atomic E-state index is 12.8. The van der Waals surface area contributed by atoms with Crippen LogP contribution in [0, 0.1) is 5.82 Å². The first-order valence-corrected chi connectivity index (χ1v) is 5.28. The Morgan fingerprint density at radius 1 is 1.33 bits per heavy atom. The minimum atomic E-state index is -0.164. The Balaban J connectivity index is 2.15. The van der Waals surface area contributed by atoms with Crippen molar-refractivity contribution in [3.63, 3.8) is 0 Å². The van der Waals surface area contributed by atoms with Crippen LogP contribution in [-0.2, 0) is 6.54 Å². The highest BCUT2D eigenvalue weighted by Crippen LogP contribution is 2.02. The number of rotatable bonds is 6. The lowest BCUT2D eigenvalue weighted by atomic mass is 10.2. The van der Waals surface area contributed by atoms with Crippen LogP contribution in [0.5, 0.6) is 0 Å². The van der Waals surface area contributed by atoms with Crippen molar-refractivity contribution < 1.29 is 4.39 Å². The van der Waals surface area contributed by atoms with E-state index in [1.165, 1.54) is 6.07 Å². The van der Waals surface area contributed by atoms with Crippen molar-refractivity contribution in [3.8, 4) is 0 Å². The van der Waals surface area contributed by atoms with Crippen LogP contribution in [0.1, 0.15) is 12.0 Å². The monoisotopic (exact) mass is 210 g/mol. The highest BCUT2D eigenvalue weighted by atomic mass is 19.1. The zero-order valence-corrected chi connectivity index (χ0v) is 9.46. The number of benzene rings is 1. The summed E-state index contributed by atoms with van der Waals surface area (Å²) < 4.78 is 12.8. The molecule has 1 N–H and O–H groups in total. The molecule has 0 spiro atoms. The number of nitrogens with one attached hydrogen (secondary N) is 1. The summed E-state index contributed by atoms with van der Waals surface area (Å²) in [7, 11) is 4.12. The number of hydrogen-bond donors (Lipinski definition) is 1. The molecule has 15 heavy (non-hydrogen) atoms. The number of hydrogen-bond acceptors (Lipinski definition) is 2. The lowest BCUT2D eigenvalue weighted by Gasteiger charge is -2.09. The van der Waals surface area contributed by atoms with Gasteiger partial charge in [0.05, 0.1) is 0 Å². The summed E-state index contributed by atoms with van der Waals surface area (Å²) in [5.41, 5.74) is 1.000. The molecule has 0 saturated heterocycles. The van der Waals surface area contributed by atoms with Gasteiger partial charge in [-0.05, 0) is 51.3 Å². The highest BCUT2D eigenvalue weighted by Gasteiger charge is 1.95. The zero-order chi connectivity index (χ0) is 11.1. The average molecular weight is 210 g/mol. The van der Waals surface area contributed by atoms with Gasteiger partial charge in [-0.25, -0.2) is 4.39 Å². The average Bonchev–Trinajstić information content (AvgIpc) is 2.17. The fraction of sp³-hybridized carbons (Fsp3) is 0.500. The van der Waals surface area contributed by atoms with Crippen LogP contribution in [0.25, 0.3) is 0 Å². The molecule has 84 valence electrons. The Labute approximate surface area is 91.1 Å². The Bertz CT molecular complexity index is 287. The maximum Gasteiger partial charge on any atom is 0.123 e. The molecule has 0 unspecified atom stereocenters. The first-order valence-electron chi connectivity index (χ1n) is 5.28. The van der Waals surface area contributed by atoms with Gasteiger partial charge in [-0.3, -0.25) is 0 Å². The van der Waals surface area contributed by atoms with Gasteiger partial charge in [0.15, 0.2) is 0 Å². The quantitative estimate of drug-likeness (QED) is 0.721. The molecular weight excluding hydrogens is 191 g/mol. The summed E-state index contributed by atoms with van der Waals surface area (Å²) in [4.78, 5) is 2.16. The van der Waals surface area contributed by atoms with E-state index in [0.717, 1.165) is 31.6 Å². The molecule has 2 nitrogen and oxygen atoms in total. The van der Waals surface area contributed by atoms with Crippen molar-refractivity contribution >= 4 is 0 Å². The summed E-state index contributed by atoms with van der Waals surface area (Å²) in [6.07, 6.45) is 1.11. The molecule has 0 aliphatic carbocycles. The van der Waals surface area contributed by atoms with E-state index >= 15 is 0 Å². The van der Waals surface area contributed by atoms with E-state index in [1.54, 1.807) is 12.1 Å². The molecule has 1 rings (SSSR count). The largest absolute Gasteiger partial charge is 0.313 e. The normalized spacial score (nSPS) is 10.9. The maximum absolute atomic E-state index is 12.8. The van der Waals surface area contributed by atoms with Crippen molar-refractivity contribution in [2.75, 3.05) is 27.2 Å². The summed E-state index contributed by atoms with van der Waals surface area (Å²) in [6, 6.07) is 6.71. The lowest BCUT2D eigenvalue weighted by Crippen LogP contribution is -2.21. The molecule has 0 amide bonds. The number of nitrogens with zero attached hydrogens (tertiary/aromatic N) is 1. The second kappa shape index (κ2) is 6.53. The molecule has 1 aromatic rings. The Kier molecular flexibility index (Phi) is 5.29. The van der Waals surface area contributed by atoms with Crippen LogP contribution in [0.3, 0.4) is 0 Å². The van der Waals surface area contributed by atoms with Crippen LogP contribution < -0.4 is 5.32 Å². The highest BCUT2D eigenvalue weighted by molar-refractivity contribution is 5.15. The van der Waals surface area contributed by atoms with Crippen LogP contribution in [0.15, 0.2) is 24.3 Å². The molecule has 1 aromatic carbocycles. The lowest BCUT2D eigenvalue weighted by molar-refractivity contribution is 0.394. The third-order valence-corrected chi connectivity index (χ3v) is 2.18. The van der Waals surface area contributed by atoms with Gasteiger partial charge in [0.25, 0.3) is 0 Å². The van der Waals surface area contributed by atoms with E-state index in [-0.39, 0.29) is 5.82 Å². The van der Waals surface area contributed by atoms with Crippen LogP contribution in [0.4, 0.5) is 4.39 Å². The topological polar surface area (TPSA) is 15.3 Å². The third-order valence-electron chi connectivity index (χ3n) is 2.18. The van der Waals surface area contributed by atoms with Gasteiger partial charge in [0, 0.05) is 6.54 Å². The zero-order valence-electron chi connectivity index (χ0n) is 9.46. The summed E-state index contributed by atoms with van der Waals surface area (Å²) >= 11 is 0. The summed E-state index contributed by atoms with van der Waals surface area (Å²) in [5.74, 6) is -0.164. The second-order valence-corrected chi connectivity index (χ2v) is 3.96.